The van der Waals surface area contributed by atoms with E-state index in [1.54, 1.807) is 13.0 Å². The summed E-state index contributed by atoms with van der Waals surface area (Å²) in [5, 5.41) is 11.4. The zero-order chi connectivity index (χ0) is 16.3. The van der Waals surface area contributed by atoms with Crippen molar-refractivity contribution in [2.45, 2.75) is 39.7 Å². The Morgan fingerprint density at radius 1 is 1.41 bits per heavy atom. The lowest BCUT2D eigenvalue weighted by Crippen LogP contribution is -2.46. The largest absolute Gasteiger partial charge is 0.395 e. The maximum Gasteiger partial charge on any atom is 0.251 e. The van der Waals surface area contributed by atoms with Crippen molar-refractivity contribution in [2.75, 3.05) is 18.1 Å². The Bertz CT molecular complexity index is 571. The Labute approximate surface area is 131 Å². The van der Waals surface area contributed by atoms with Gasteiger partial charge in [0.2, 0.25) is 5.91 Å². The summed E-state index contributed by atoms with van der Waals surface area (Å²) in [5.41, 5.74) is 2.51. The van der Waals surface area contributed by atoms with Crippen molar-refractivity contribution in [1.29, 1.82) is 0 Å². The summed E-state index contributed by atoms with van der Waals surface area (Å²) < 4.78 is 0. The van der Waals surface area contributed by atoms with Gasteiger partial charge in [0.25, 0.3) is 5.91 Å². The number of anilines is 1. The third kappa shape index (κ3) is 3.14. The second-order valence-corrected chi connectivity index (χ2v) is 5.87. The molecule has 1 aliphatic rings. The summed E-state index contributed by atoms with van der Waals surface area (Å²) in [7, 11) is 0. The molecule has 2 atom stereocenters. The van der Waals surface area contributed by atoms with E-state index in [1.165, 1.54) is 0 Å². The van der Waals surface area contributed by atoms with Crippen molar-refractivity contribution >= 4 is 17.5 Å². The van der Waals surface area contributed by atoms with Crippen molar-refractivity contribution < 1.29 is 14.7 Å². The molecule has 120 valence electrons. The molecule has 2 amide bonds. The van der Waals surface area contributed by atoms with Crippen LogP contribution >= 0.6 is 0 Å². The molecule has 1 aromatic rings. The van der Waals surface area contributed by atoms with Gasteiger partial charge in [0, 0.05) is 30.8 Å². The van der Waals surface area contributed by atoms with Gasteiger partial charge in [-0.15, -0.1) is 0 Å². The van der Waals surface area contributed by atoms with Crippen LogP contribution in [0.1, 0.15) is 43.1 Å². The molecule has 0 aliphatic carbocycles. The van der Waals surface area contributed by atoms with Crippen molar-refractivity contribution in [3.8, 4) is 0 Å². The number of amides is 2. The van der Waals surface area contributed by atoms with Gasteiger partial charge in [-0.25, -0.2) is 0 Å². The number of carbonyl (C=O) groups excluding carboxylic acids is 2. The standard InChI is InChI=1S/C17H24N2O3/c1-4-15-11(2)9-14-10-13(17(22)18-7-8-20)5-6-16(14)19(15)12(3)21/h5-6,10-11,15,20H,4,7-9H2,1-3H3,(H,18,22)/t11?,15-/m0/s1. The number of hydrogen-bond acceptors (Lipinski definition) is 3. The summed E-state index contributed by atoms with van der Waals surface area (Å²) in [5.74, 6) is 0.200. The molecule has 0 saturated heterocycles. The molecule has 2 rings (SSSR count). The lowest BCUT2D eigenvalue weighted by molar-refractivity contribution is -0.117. The second kappa shape index (κ2) is 6.92. The molecule has 1 aromatic carbocycles. The van der Waals surface area contributed by atoms with Crippen LogP contribution in [-0.2, 0) is 11.2 Å². The average molecular weight is 304 g/mol. The molecular formula is C17H24N2O3. The van der Waals surface area contributed by atoms with E-state index in [0.29, 0.717) is 11.5 Å². The van der Waals surface area contributed by atoms with Crippen LogP contribution < -0.4 is 10.2 Å². The van der Waals surface area contributed by atoms with E-state index in [1.807, 2.05) is 17.0 Å². The number of carbonyl (C=O) groups is 2. The number of rotatable bonds is 4. The number of fused-ring (bicyclic) bond motifs is 1. The highest BCUT2D eigenvalue weighted by atomic mass is 16.3. The molecule has 0 bridgehead atoms. The predicted molar refractivity (Wildman–Crippen MR) is 86.0 cm³/mol. The minimum absolute atomic E-state index is 0.0390. The number of nitrogens with zero attached hydrogens (tertiary/aromatic N) is 1. The Balaban J connectivity index is 2.35. The topological polar surface area (TPSA) is 69.6 Å². The van der Waals surface area contributed by atoms with E-state index in [-0.39, 0.29) is 31.0 Å². The van der Waals surface area contributed by atoms with Gasteiger partial charge in [-0.3, -0.25) is 9.59 Å². The number of nitrogens with one attached hydrogen (secondary N) is 1. The first-order valence-electron chi connectivity index (χ1n) is 7.81. The summed E-state index contributed by atoms with van der Waals surface area (Å²) >= 11 is 0. The van der Waals surface area contributed by atoms with Gasteiger partial charge in [0.05, 0.1) is 6.61 Å². The smallest absolute Gasteiger partial charge is 0.251 e. The summed E-state index contributed by atoms with van der Waals surface area (Å²) in [6.07, 6.45) is 1.78. The number of hydrogen-bond donors (Lipinski definition) is 2. The zero-order valence-corrected chi connectivity index (χ0v) is 13.4. The fourth-order valence-electron chi connectivity index (χ4n) is 3.30. The van der Waals surface area contributed by atoms with Crippen LogP contribution in [-0.4, -0.2) is 36.1 Å². The molecule has 0 spiro atoms. The molecule has 1 heterocycles. The molecule has 1 aliphatic heterocycles. The van der Waals surface area contributed by atoms with Crippen LogP contribution in [0.15, 0.2) is 18.2 Å². The molecule has 2 N–H and O–H groups in total. The fourth-order valence-corrected chi connectivity index (χ4v) is 3.30. The molecule has 5 nitrogen and oxygen atoms in total. The van der Waals surface area contributed by atoms with Crippen LogP contribution in [0.2, 0.25) is 0 Å². The van der Waals surface area contributed by atoms with Crippen molar-refractivity contribution in [3.05, 3.63) is 29.3 Å². The number of benzene rings is 1. The first-order valence-corrected chi connectivity index (χ1v) is 7.81. The van der Waals surface area contributed by atoms with Gasteiger partial charge >= 0.3 is 0 Å². The van der Waals surface area contributed by atoms with Gasteiger partial charge in [-0.1, -0.05) is 13.8 Å². The molecule has 0 aromatic heterocycles. The van der Waals surface area contributed by atoms with E-state index in [4.69, 9.17) is 5.11 Å². The SMILES string of the molecule is CC[C@H]1C(C)Cc2cc(C(=O)NCCO)ccc2N1C(C)=O. The van der Waals surface area contributed by atoms with Gasteiger partial charge in [-0.2, -0.15) is 0 Å². The molecule has 0 saturated carbocycles. The van der Waals surface area contributed by atoms with Crippen LogP contribution in [0.25, 0.3) is 0 Å². The first kappa shape index (κ1) is 16.5. The Morgan fingerprint density at radius 2 is 2.14 bits per heavy atom. The van der Waals surface area contributed by atoms with E-state index in [9.17, 15) is 9.59 Å². The average Bonchev–Trinajstić information content (AvgIpc) is 2.50. The third-order valence-corrected chi connectivity index (χ3v) is 4.29. The van der Waals surface area contributed by atoms with Gasteiger partial charge in [-0.05, 0) is 42.5 Å². The summed E-state index contributed by atoms with van der Waals surface area (Å²) in [4.78, 5) is 25.9. The van der Waals surface area contributed by atoms with E-state index < -0.39 is 0 Å². The van der Waals surface area contributed by atoms with Gasteiger partial charge in [0.15, 0.2) is 0 Å². The molecule has 0 fully saturated rings. The molecule has 5 heteroatoms. The predicted octanol–water partition coefficient (Wildman–Crippen LogP) is 1.73. The lowest BCUT2D eigenvalue weighted by atomic mass is 9.84. The highest BCUT2D eigenvalue weighted by Crippen LogP contribution is 2.35. The minimum atomic E-state index is -0.198. The lowest BCUT2D eigenvalue weighted by Gasteiger charge is -2.40. The van der Waals surface area contributed by atoms with E-state index in [0.717, 1.165) is 24.1 Å². The Kier molecular flexibility index (Phi) is 5.19. The monoisotopic (exact) mass is 304 g/mol. The normalized spacial score (nSPS) is 20.5. The fraction of sp³-hybridized carbons (Fsp3) is 0.529. The highest BCUT2D eigenvalue weighted by molar-refractivity contribution is 5.97. The van der Waals surface area contributed by atoms with Crippen LogP contribution in [0.3, 0.4) is 0 Å². The molecular weight excluding hydrogens is 280 g/mol. The summed E-state index contributed by atoms with van der Waals surface area (Å²) in [6, 6.07) is 5.67. The van der Waals surface area contributed by atoms with E-state index in [2.05, 4.69) is 19.2 Å². The molecule has 22 heavy (non-hydrogen) atoms. The van der Waals surface area contributed by atoms with Crippen molar-refractivity contribution in [1.82, 2.24) is 5.32 Å². The highest BCUT2D eigenvalue weighted by Gasteiger charge is 2.33. The number of aliphatic hydroxyl groups is 1. The molecule has 0 radical (unpaired) electrons. The Morgan fingerprint density at radius 3 is 2.73 bits per heavy atom. The van der Waals surface area contributed by atoms with Crippen molar-refractivity contribution in [3.63, 3.8) is 0 Å². The Hall–Kier alpha value is -1.88. The van der Waals surface area contributed by atoms with Gasteiger partial charge < -0.3 is 15.3 Å². The maximum atomic E-state index is 12.1. The minimum Gasteiger partial charge on any atom is -0.395 e. The zero-order valence-electron chi connectivity index (χ0n) is 13.4. The maximum absolute atomic E-state index is 12.1. The van der Waals surface area contributed by atoms with Crippen LogP contribution in [0.5, 0.6) is 0 Å². The van der Waals surface area contributed by atoms with Crippen molar-refractivity contribution in [2.24, 2.45) is 5.92 Å². The van der Waals surface area contributed by atoms with Crippen LogP contribution in [0, 0.1) is 5.92 Å². The quantitative estimate of drug-likeness (QED) is 0.890. The van der Waals surface area contributed by atoms with E-state index >= 15 is 0 Å². The van der Waals surface area contributed by atoms with Gasteiger partial charge in [0.1, 0.15) is 0 Å². The summed E-state index contributed by atoms with van der Waals surface area (Å²) in [6.45, 7) is 5.99. The first-order chi connectivity index (χ1) is 10.5. The third-order valence-electron chi connectivity index (χ3n) is 4.29. The molecule has 1 unspecified atom stereocenters. The van der Waals surface area contributed by atoms with Crippen LogP contribution in [0.4, 0.5) is 5.69 Å². The number of aliphatic hydroxyl groups excluding tert-OH is 1. The second-order valence-electron chi connectivity index (χ2n) is 5.87.